The van der Waals surface area contributed by atoms with Gasteiger partial charge in [0.25, 0.3) is 0 Å². The minimum absolute atomic E-state index is 0.275. The number of piperidine rings is 2. The molecule has 5 heteroatoms. The molecule has 0 saturated carbocycles. The average molecular weight is 297 g/mol. The van der Waals surface area contributed by atoms with E-state index in [-0.39, 0.29) is 5.92 Å². The first-order chi connectivity index (χ1) is 9.93. The predicted octanol–water partition coefficient (Wildman–Crippen LogP) is 3.62. The monoisotopic (exact) mass is 297 g/mol. The van der Waals surface area contributed by atoms with Crippen LogP contribution in [-0.4, -0.2) is 29.8 Å². The Morgan fingerprint density at radius 2 is 1.81 bits per heavy atom. The maximum atomic E-state index is 12.6. The summed E-state index contributed by atoms with van der Waals surface area (Å²) in [5.74, 6) is 0.612. The molecule has 2 atom stereocenters. The first kappa shape index (κ1) is 14.6. The topological polar surface area (TPSA) is 20.3 Å². The van der Waals surface area contributed by atoms with Crippen molar-refractivity contribution in [2.75, 3.05) is 13.1 Å². The number of hydrogen-bond donors (Lipinski definition) is 0. The lowest BCUT2D eigenvalue weighted by atomic mass is 9.83. The second-order valence-corrected chi connectivity index (χ2v) is 6.04. The second-order valence-electron chi connectivity index (χ2n) is 6.04. The molecule has 2 nitrogen and oxygen atoms in total. The summed E-state index contributed by atoms with van der Waals surface area (Å²) < 4.78 is 37.7. The highest BCUT2D eigenvalue weighted by Gasteiger charge is 2.34. The molecule has 2 fully saturated rings. The Hall–Kier alpha value is -1.36. The third kappa shape index (κ3) is 3.12. The molecule has 1 aromatic rings. The van der Waals surface area contributed by atoms with Gasteiger partial charge in [0, 0.05) is 32.0 Å². The summed E-state index contributed by atoms with van der Waals surface area (Å²) in [6.45, 7) is 1.64. The van der Waals surface area contributed by atoms with Crippen molar-refractivity contribution in [1.29, 1.82) is 0 Å². The number of benzene rings is 1. The van der Waals surface area contributed by atoms with Gasteiger partial charge in [-0.25, -0.2) is 0 Å². The highest BCUT2D eigenvalue weighted by Crippen LogP contribution is 2.35. The lowest BCUT2D eigenvalue weighted by Gasteiger charge is -2.42. The normalized spacial score (nSPS) is 27.5. The highest BCUT2D eigenvalue weighted by molar-refractivity contribution is 5.80. The molecule has 3 rings (SSSR count). The van der Waals surface area contributed by atoms with Crippen LogP contribution in [0.5, 0.6) is 0 Å². The Bertz CT molecular complexity index is 523. The van der Waals surface area contributed by atoms with E-state index in [0.29, 0.717) is 24.7 Å². The van der Waals surface area contributed by atoms with Gasteiger partial charge in [-0.05, 0) is 36.5 Å². The number of Topliss-reactive ketones (excluding diaryl/α,β-unsaturated/α-hetero) is 1. The number of rotatable bonds is 1. The zero-order valence-electron chi connectivity index (χ0n) is 11.7. The van der Waals surface area contributed by atoms with Gasteiger partial charge in [-0.15, -0.1) is 0 Å². The average Bonchev–Trinajstić information content (AvgIpc) is 2.46. The predicted molar refractivity (Wildman–Crippen MR) is 73.0 cm³/mol. The number of halogens is 3. The van der Waals surface area contributed by atoms with Gasteiger partial charge in [-0.1, -0.05) is 12.1 Å². The summed E-state index contributed by atoms with van der Waals surface area (Å²) in [6.07, 6.45) is -1.13. The summed E-state index contributed by atoms with van der Waals surface area (Å²) in [5, 5.41) is 0. The summed E-state index contributed by atoms with van der Waals surface area (Å²) in [5.41, 5.74) is 0.377. The third-order valence-electron chi connectivity index (χ3n) is 4.67. The first-order valence-corrected chi connectivity index (χ1v) is 7.36. The Balaban J connectivity index is 1.69. The maximum absolute atomic E-state index is 12.6. The fourth-order valence-electron chi connectivity index (χ4n) is 3.45. The number of carbonyl (C=O) groups is 1. The molecule has 0 aromatic heterocycles. The van der Waals surface area contributed by atoms with E-state index in [1.807, 2.05) is 0 Å². The number of carbonyl (C=O) groups excluding carboxylic acids is 1. The van der Waals surface area contributed by atoms with E-state index in [2.05, 4.69) is 4.90 Å². The largest absolute Gasteiger partial charge is 0.416 e. The summed E-state index contributed by atoms with van der Waals surface area (Å²) in [6, 6.07) is 5.88. The van der Waals surface area contributed by atoms with Crippen LogP contribution < -0.4 is 0 Å². The number of nitrogens with zero attached hydrogens (tertiary/aromatic N) is 1. The smallest absolute Gasteiger partial charge is 0.300 e. The molecule has 21 heavy (non-hydrogen) atoms. The highest BCUT2D eigenvalue weighted by atomic mass is 19.4. The molecule has 2 heterocycles. The van der Waals surface area contributed by atoms with Gasteiger partial charge in [0.15, 0.2) is 0 Å². The SMILES string of the molecule is O=C1CCN2C[C@@H](c3ccc(C(F)(F)F)cc3)CC[C@@H]2C1. The van der Waals surface area contributed by atoms with Crippen LogP contribution in [0.15, 0.2) is 24.3 Å². The zero-order valence-corrected chi connectivity index (χ0v) is 11.7. The lowest BCUT2D eigenvalue weighted by Crippen LogP contribution is -2.47. The van der Waals surface area contributed by atoms with Crippen LogP contribution in [0.4, 0.5) is 13.2 Å². The van der Waals surface area contributed by atoms with E-state index in [9.17, 15) is 18.0 Å². The van der Waals surface area contributed by atoms with Crippen molar-refractivity contribution in [2.24, 2.45) is 0 Å². The molecule has 0 aliphatic carbocycles. The molecule has 0 N–H and O–H groups in total. The molecule has 1 aromatic carbocycles. The van der Waals surface area contributed by atoms with E-state index in [1.54, 1.807) is 12.1 Å². The van der Waals surface area contributed by atoms with E-state index in [4.69, 9.17) is 0 Å². The summed E-state index contributed by atoms with van der Waals surface area (Å²) in [7, 11) is 0. The van der Waals surface area contributed by atoms with E-state index < -0.39 is 11.7 Å². The van der Waals surface area contributed by atoms with Crippen molar-refractivity contribution in [1.82, 2.24) is 4.90 Å². The zero-order chi connectivity index (χ0) is 15.0. The molecule has 0 unspecified atom stereocenters. The van der Waals surface area contributed by atoms with Crippen LogP contribution in [0.3, 0.4) is 0 Å². The van der Waals surface area contributed by atoms with Crippen molar-refractivity contribution >= 4 is 5.78 Å². The number of ketones is 1. The van der Waals surface area contributed by atoms with Crippen molar-refractivity contribution < 1.29 is 18.0 Å². The van der Waals surface area contributed by atoms with Crippen LogP contribution in [0.2, 0.25) is 0 Å². The number of fused-ring (bicyclic) bond motifs is 1. The minimum Gasteiger partial charge on any atom is -0.300 e. The molecule has 2 saturated heterocycles. The molecule has 2 aliphatic rings. The van der Waals surface area contributed by atoms with Gasteiger partial charge < -0.3 is 0 Å². The summed E-state index contributed by atoms with van der Waals surface area (Å²) in [4.78, 5) is 13.8. The molecule has 0 spiro atoms. The van der Waals surface area contributed by atoms with Crippen LogP contribution in [0.25, 0.3) is 0 Å². The standard InChI is InChI=1S/C16H18F3NO/c17-16(18,19)13-4-1-11(2-5-13)12-3-6-14-9-15(21)7-8-20(14)10-12/h1-2,4-5,12,14H,3,6-10H2/t12-,14+/m0/s1. The van der Waals surface area contributed by atoms with E-state index in [1.165, 1.54) is 12.1 Å². The summed E-state index contributed by atoms with van der Waals surface area (Å²) >= 11 is 0. The molecule has 0 bridgehead atoms. The minimum atomic E-state index is -4.27. The fraction of sp³-hybridized carbons (Fsp3) is 0.562. The van der Waals surface area contributed by atoms with E-state index in [0.717, 1.165) is 31.5 Å². The first-order valence-electron chi connectivity index (χ1n) is 7.36. The van der Waals surface area contributed by atoms with Crippen LogP contribution in [0, 0.1) is 0 Å². The number of alkyl halides is 3. The van der Waals surface area contributed by atoms with Gasteiger partial charge in [0.1, 0.15) is 5.78 Å². The molecular formula is C16H18F3NO. The Kier molecular flexibility index (Phi) is 3.78. The molecule has 2 aliphatic heterocycles. The van der Waals surface area contributed by atoms with Crippen molar-refractivity contribution in [3.8, 4) is 0 Å². The lowest BCUT2D eigenvalue weighted by molar-refractivity contribution is -0.137. The molecule has 0 radical (unpaired) electrons. The third-order valence-corrected chi connectivity index (χ3v) is 4.67. The van der Waals surface area contributed by atoms with Crippen LogP contribution >= 0.6 is 0 Å². The van der Waals surface area contributed by atoms with Crippen molar-refractivity contribution in [3.05, 3.63) is 35.4 Å². The van der Waals surface area contributed by atoms with Gasteiger partial charge in [0.2, 0.25) is 0 Å². The number of hydrogen-bond acceptors (Lipinski definition) is 2. The molecular weight excluding hydrogens is 279 g/mol. The van der Waals surface area contributed by atoms with Crippen molar-refractivity contribution in [3.63, 3.8) is 0 Å². The van der Waals surface area contributed by atoms with Gasteiger partial charge in [-0.2, -0.15) is 13.2 Å². The Morgan fingerprint density at radius 3 is 2.48 bits per heavy atom. The van der Waals surface area contributed by atoms with Gasteiger partial charge >= 0.3 is 6.18 Å². The second kappa shape index (κ2) is 5.44. The Morgan fingerprint density at radius 1 is 1.10 bits per heavy atom. The van der Waals surface area contributed by atoms with Gasteiger partial charge in [0.05, 0.1) is 5.56 Å². The van der Waals surface area contributed by atoms with Crippen LogP contribution in [0.1, 0.15) is 42.7 Å². The van der Waals surface area contributed by atoms with Gasteiger partial charge in [-0.3, -0.25) is 9.69 Å². The molecule has 114 valence electrons. The van der Waals surface area contributed by atoms with Crippen molar-refractivity contribution in [2.45, 2.75) is 43.8 Å². The fourth-order valence-corrected chi connectivity index (χ4v) is 3.45. The molecule has 0 amide bonds. The van der Waals surface area contributed by atoms with E-state index >= 15 is 0 Å². The Labute approximate surface area is 121 Å². The quantitative estimate of drug-likeness (QED) is 0.789. The van der Waals surface area contributed by atoms with Crippen LogP contribution in [-0.2, 0) is 11.0 Å². The maximum Gasteiger partial charge on any atom is 0.416 e.